The van der Waals surface area contributed by atoms with Crippen LogP contribution in [-0.4, -0.2) is 77.8 Å². The molecular weight excluding hydrogens is 432 g/mol. The van der Waals surface area contributed by atoms with Gasteiger partial charge in [0.2, 0.25) is 17.7 Å². The fraction of sp³-hybridized carbons (Fsp3) is 0.810. The van der Waals surface area contributed by atoms with Gasteiger partial charge in [-0.1, -0.05) is 13.8 Å². The quantitative estimate of drug-likeness (QED) is 0.104. The molecule has 0 rings (SSSR count). The average molecular weight is 475 g/mol. The van der Waals surface area contributed by atoms with Crippen molar-refractivity contribution in [3.05, 3.63) is 0 Å². The number of hydrogen-bond donors (Lipinski definition) is 8. The minimum Gasteiger partial charge on any atom is -0.480 e. The molecule has 4 unspecified atom stereocenters. The van der Waals surface area contributed by atoms with Crippen molar-refractivity contribution in [1.29, 1.82) is 0 Å². The molecule has 0 radical (unpaired) electrons. The number of nitrogens with one attached hydrogen (secondary N) is 3. The molecule has 11 N–H and O–H groups in total. The SMILES string of the molecule is CC(C)CC(N)C(=O)NC(CO)C(=O)NC(CCCCN)C(=O)NC(CCCCN)C(=O)O. The van der Waals surface area contributed by atoms with Gasteiger partial charge in [0, 0.05) is 0 Å². The molecule has 0 saturated heterocycles. The Balaban J connectivity index is 5.22. The summed E-state index contributed by atoms with van der Waals surface area (Å²) in [4.78, 5) is 49.2. The summed E-state index contributed by atoms with van der Waals surface area (Å²) in [6, 6.07) is -4.34. The molecule has 0 aromatic heterocycles. The highest BCUT2D eigenvalue weighted by Gasteiger charge is 2.29. The molecule has 0 aromatic carbocycles. The summed E-state index contributed by atoms with van der Waals surface area (Å²) in [6.45, 7) is 3.90. The van der Waals surface area contributed by atoms with E-state index < -0.39 is 54.5 Å². The van der Waals surface area contributed by atoms with Crippen molar-refractivity contribution < 1.29 is 29.4 Å². The Labute approximate surface area is 195 Å². The predicted molar refractivity (Wildman–Crippen MR) is 124 cm³/mol. The number of carbonyl (C=O) groups excluding carboxylic acids is 3. The standard InChI is InChI=1S/C21H42N6O6/c1-13(2)11-14(24)18(29)27-17(12-28)20(31)25-15(7-3-5-9-22)19(30)26-16(21(32)33)8-4-6-10-23/h13-17,28H,3-12,22-24H2,1-2H3,(H,25,31)(H,26,30)(H,27,29)(H,32,33). The number of aliphatic hydroxyl groups excluding tert-OH is 1. The first-order valence-corrected chi connectivity index (χ1v) is 11.5. The highest BCUT2D eigenvalue weighted by atomic mass is 16.4. The van der Waals surface area contributed by atoms with Gasteiger partial charge in [0.15, 0.2) is 0 Å². The fourth-order valence-electron chi connectivity index (χ4n) is 3.14. The smallest absolute Gasteiger partial charge is 0.326 e. The maximum atomic E-state index is 12.8. The lowest BCUT2D eigenvalue weighted by Gasteiger charge is -2.24. The normalized spacial score (nSPS) is 14.8. The number of carboxylic acids is 1. The predicted octanol–water partition coefficient (Wildman–Crippen LogP) is -1.85. The molecule has 3 amide bonds. The van der Waals surface area contributed by atoms with Crippen LogP contribution in [0.5, 0.6) is 0 Å². The van der Waals surface area contributed by atoms with Crippen molar-refractivity contribution in [2.24, 2.45) is 23.1 Å². The molecule has 12 nitrogen and oxygen atoms in total. The lowest BCUT2D eigenvalue weighted by molar-refractivity contribution is -0.142. The maximum Gasteiger partial charge on any atom is 0.326 e. The van der Waals surface area contributed by atoms with Gasteiger partial charge in [-0.2, -0.15) is 0 Å². The number of carbonyl (C=O) groups is 4. The second-order valence-corrected chi connectivity index (χ2v) is 8.51. The number of amides is 3. The first kappa shape index (κ1) is 30.7. The molecule has 4 atom stereocenters. The number of hydrogen-bond acceptors (Lipinski definition) is 8. The zero-order valence-corrected chi connectivity index (χ0v) is 19.7. The molecule has 0 aliphatic carbocycles. The van der Waals surface area contributed by atoms with Gasteiger partial charge >= 0.3 is 5.97 Å². The Morgan fingerprint density at radius 2 is 1.21 bits per heavy atom. The Morgan fingerprint density at radius 1 is 0.758 bits per heavy atom. The van der Waals surface area contributed by atoms with Crippen LogP contribution in [0.1, 0.15) is 58.8 Å². The third-order valence-corrected chi connectivity index (χ3v) is 5.02. The zero-order chi connectivity index (χ0) is 25.4. The molecule has 0 heterocycles. The minimum atomic E-state index is -1.31. The Kier molecular flexibility index (Phi) is 16.0. The summed E-state index contributed by atoms with van der Waals surface area (Å²) < 4.78 is 0. The van der Waals surface area contributed by atoms with E-state index in [1.165, 1.54) is 0 Å². The van der Waals surface area contributed by atoms with Gasteiger partial charge in [-0.05, 0) is 64.0 Å². The highest BCUT2D eigenvalue weighted by Crippen LogP contribution is 2.06. The van der Waals surface area contributed by atoms with E-state index >= 15 is 0 Å². The van der Waals surface area contributed by atoms with Crippen LogP contribution in [0, 0.1) is 5.92 Å². The highest BCUT2D eigenvalue weighted by molar-refractivity contribution is 5.94. The lowest BCUT2D eigenvalue weighted by Crippen LogP contribution is -2.58. The molecule has 0 bridgehead atoms. The van der Waals surface area contributed by atoms with E-state index in [1.807, 2.05) is 13.8 Å². The molecule has 0 fully saturated rings. The summed E-state index contributed by atoms with van der Waals surface area (Å²) >= 11 is 0. The third kappa shape index (κ3) is 13.1. The summed E-state index contributed by atoms with van der Waals surface area (Å²) in [5, 5.41) is 26.3. The number of rotatable bonds is 18. The summed E-state index contributed by atoms with van der Waals surface area (Å²) in [5.74, 6) is -3.06. The van der Waals surface area contributed by atoms with Crippen LogP contribution in [0.15, 0.2) is 0 Å². The fourth-order valence-corrected chi connectivity index (χ4v) is 3.14. The molecule has 0 aliphatic rings. The monoisotopic (exact) mass is 474 g/mol. The van der Waals surface area contributed by atoms with E-state index in [0.29, 0.717) is 45.2 Å². The molecular formula is C21H42N6O6. The van der Waals surface area contributed by atoms with Gasteiger partial charge in [-0.3, -0.25) is 14.4 Å². The van der Waals surface area contributed by atoms with Crippen LogP contribution in [0.2, 0.25) is 0 Å². The van der Waals surface area contributed by atoms with E-state index in [0.717, 1.165) is 0 Å². The van der Waals surface area contributed by atoms with Crippen molar-refractivity contribution in [2.45, 2.75) is 83.0 Å². The molecule has 0 aromatic rings. The number of unbranched alkanes of at least 4 members (excludes halogenated alkanes) is 2. The van der Waals surface area contributed by atoms with Crippen molar-refractivity contribution in [1.82, 2.24) is 16.0 Å². The van der Waals surface area contributed by atoms with Crippen molar-refractivity contribution in [3.63, 3.8) is 0 Å². The number of aliphatic carboxylic acids is 1. The average Bonchev–Trinajstić information content (AvgIpc) is 2.75. The van der Waals surface area contributed by atoms with Crippen molar-refractivity contribution in [3.8, 4) is 0 Å². The number of nitrogens with two attached hydrogens (primary N) is 3. The third-order valence-electron chi connectivity index (χ3n) is 5.02. The van der Waals surface area contributed by atoms with Crippen molar-refractivity contribution >= 4 is 23.7 Å². The zero-order valence-electron chi connectivity index (χ0n) is 19.7. The van der Waals surface area contributed by atoms with E-state index in [-0.39, 0.29) is 18.8 Å². The molecule has 0 saturated carbocycles. The van der Waals surface area contributed by atoms with Crippen LogP contribution in [0.3, 0.4) is 0 Å². The molecule has 12 heteroatoms. The van der Waals surface area contributed by atoms with Gasteiger partial charge in [0.1, 0.15) is 18.1 Å². The largest absolute Gasteiger partial charge is 0.480 e. The van der Waals surface area contributed by atoms with Crippen LogP contribution < -0.4 is 33.2 Å². The van der Waals surface area contributed by atoms with E-state index in [1.54, 1.807) is 0 Å². The topological polar surface area (TPSA) is 223 Å². The Hall–Kier alpha value is -2.28. The van der Waals surface area contributed by atoms with Gasteiger partial charge in [-0.25, -0.2) is 4.79 Å². The lowest BCUT2D eigenvalue weighted by atomic mass is 10.0. The summed E-state index contributed by atoms with van der Waals surface area (Å²) in [5.41, 5.74) is 16.8. The Bertz CT molecular complexity index is 618. The molecule has 0 aliphatic heterocycles. The minimum absolute atomic E-state index is 0.162. The van der Waals surface area contributed by atoms with Crippen LogP contribution in [-0.2, 0) is 19.2 Å². The van der Waals surface area contributed by atoms with Gasteiger partial charge in [0.25, 0.3) is 0 Å². The second kappa shape index (κ2) is 17.2. The Morgan fingerprint density at radius 3 is 1.67 bits per heavy atom. The van der Waals surface area contributed by atoms with Crippen molar-refractivity contribution in [2.75, 3.05) is 19.7 Å². The molecule has 0 spiro atoms. The first-order chi connectivity index (χ1) is 15.6. The maximum absolute atomic E-state index is 12.8. The molecule has 33 heavy (non-hydrogen) atoms. The van der Waals surface area contributed by atoms with Crippen LogP contribution in [0.25, 0.3) is 0 Å². The second-order valence-electron chi connectivity index (χ2n) is 8.51. The van der Waals surface area contributed by atoms with Gasteiger partial charge in [0.05, 0.1) is 12.6 Å². The van der Waals surface area contributed by atoms with Gasteiger partial charge < -0.3 is 43.4 Å². The van der Waals surface area contributed by atoms with Crippen LogP contribution in [0.4, 0.5) is 0 Å². The number of aliphatic hydroxyl groups is 1. The molecule has 192 valence electrons. The van der Waals surface area contributed by atoms with Crippen LogP contribution >= 0.6 is 0 Å². The first-order valence-electron chi connectivity index (χ1n) is 11.5. The van der Waals surface area contributed by atoms with Gasteiger partial charge in [-0.15, -0.1) is 0 Å². The van der Waals surface area contributed by atoms with E-state index in [2.05, 4.69) is 16.0 Å². The van der Waals surface area contributed by atoms with E-state index in [4.69, 9.17) is 17.2 Å². The summed E-state index contributed by atoms with van der Waals surface area (Å²) in [6.07, 6.45) is 3.06. The summed E-state index contributed by atoms with van der Waals surface area (Å²) in [7, 11) is 0. The van der Waals surface area contributed by atoms with E-state index in [9.17, 15) is 29.4 Å². The number of carboxylic acid groups (broad SMARTS) is 1.